The molecule has 0 aromatic rings. The molecule has 0 saturated heterocycles. The van der Waals surface area contributed by atoms with Gasteiger partial charge in [0.25, 0.3) is 0 Å². The molecule has 0 unspecified atom stereocenters. The monoisotopic (exact) mass is 227 g/mol. The average Bonchev–Trinajstić information content (AvgIpc) is 2.14. The molecule has 15 heavy (non-hydrogen) atoms. The Balaban J connectivity index is 1.89. The lowest BCUT2D eigenvalue weighted by atomic mass is 9.52. The van der Waals surface area contributed by atoms with Crippen LogP contribution < -0.4 is 0 Å². The average molecular weight is 228 g/mol. The van der Waals surface area contributed by atoms with E-state index in [1.807, 2.05) is 11.9 Å². The van der Waals surface area contributed by atoms with Gasteiger partial charge in [-0.2, -0.15) is 0 Å². The second kappa shape index (κ2) is 3.13. The third-order valence-corrected chi connectivity index (χ3v) is 5.23. The number of rotatable bonds is 1. The van der Waals surface area contributed by atoms with E-state index in [4.69, 9.17) is 11.6 Å². The first-order chi connectivity index (χ1) is 7.09. The van der Waals surface area contributed by atoms with Crippen LogP contribution in [0.25, 0.3) is 0 Å². The van der Waals surface area contributed by atoms with Gasteiger partial charge in [0.05, 0.1) is 0 Å². The molecule has 4 aliphatic rings. The van der Waals surface area contributed by atoms with Gasteiger partial charge < -0.3 is 4.90 Å². The minimum absolute atomic E-state index is 0.133. The number of hydrogen-bond donors (Lipinski definition) is 0. The molecule has 0 aliphatic heterocycles. The molecule has 4 rings (SSSR count). The zero-order valence-electron chi connectivity index (χ0n) is 9.21. The van der Waals surface area contributed by atoms with E-state index in [-0.39, 0.29) is 10.9 Å². The van der Waals surface area contributed by atoms with Gasteiger partial charge in [0, 0.05) is 12.6 Å². The fourth-order valence-corrected chi connectivity index (χ4v) is 4.84. The highest BCUT2D eigenvalue weighted by Crippen LogP contribution is 2.57. The number of amides is 1. The van der Waals surface area contributed by atoms with Crippen LogP contribution in [0.1, 0.15) is 38.5 Å². The van der Waals surface area contributed by atoms with Gasteiger partial charge in [-0.3, -0.25) is 4.79 Å². The van der Waals surface area contributed by atoms with Gasteiger partial charge in [-0.15, -0.1) is 0 Å². The third-order valence-electron chi connectivity index (χ3n) is 4.98. The first kappa shape index (κ1) is 9.95. The maximum atomic E-state index is 11.4. The van der Waals surface area contributed by atoms with Crippen molar-refractivity contribution in [3.63, 3.8) is 0 Å². The van der Waals surface area contributed by atoms with Gasteiger partial charge >= 0.3 is 5.37 Å². The summed E-state index contributed by atoms with van der Waals surface area (Å²) in [4.78, 5) is 13.2. The summed E-state index contributed by atoms with van der Waals surface area (Å²) in [5.41, 5.74) is 0.133. The topological polar surface area (TPSA) is 20.3 Å². The van der Waals surface area contributed by atoms with Crippen molar-refractivity contribution in [3.8, 4) is 0 Å². The van der Waals surface area contributed by atoms with Crippen molar-refractivity contribution in [2.45, 2.75) is 44.1 Å². The smallest absolute Gasteiger partial charge is 0.316 e. The van der Waals surface area contributed by atoms with Gasteiger partial charge in [-0.1, -0.05) is 0 Å². The molecule has 0 heterocycles. The molecule has 4 fully saturated rings. The Morgan fingerprint density at radius 2 is 1.53 bits per heavy atom. The van der Waals surface area contributed by atoms with E-state index in [1.54, 1.807) is 0 Å². The van der Waals surface area contributed by atoms with E-state index in [2.05, 4.69) is 0 Å². The maximum absolute atomic E-state index is 11.4. The molecule has 4 aliphatic carbocycles. The fourth-order valence-electron chi connectivity index (χ4n) is 4.66. The molecule has 84 valence electrons. The summed E-state index contributed by atoms with van der Waals surface area (Å²) in [5, 5.41) is -0.267. The second-order valence-corrected chi connectivity index (χ2v) is 6.28. The van der Waals surface area contributed by atoms with E-state index in [0.29, 0.717) is 0 Å². The number of carbonyl (C=O) groups is 1. The Bertz CT molecular complexity index is 267. The van der Waals surface area contributed by atoms with E-state index in [9.17, 15) is 4.79 Å². The standard InChI is InChI=1S/C12H18ClNO/c1-14(11(13)15)12-5-8-2-9(6-12)4-10(3-8)7-12/h8-10H,2-7H2,1H3. The quantitative estimate of drug-likeness (QED) is 0.498. The van der Waals surface area contributed by atoms with Crippen LogP contribution in [-0.2, 0) is 0 Å². The first-order valence-electron chi connectivity index (χ1n) is 6.02. The predicted molar refractivity (Wildman–Crippen MR) is 59.9 cm³/mol. The molecule has 4 bridgehead atoms. The van der Waals surface area contributed by atoms with Crippen molar-refractivity contribution in [1.29, 1.82) is 0 Å². The van der Waals surface area contributed by atoms with Gasteiger partial charge in [-0.05, 0) is 67.9 Å². The summed E-state index contributed by atoms with van der Waals surface area (Å²) in [6, 6.07) is 0. The van der Waals surface area contributed by atoms with E-state index < -0.39 is 0 Å². The minimum Gasteiger partial charge on any atom is -0.327 e. The van der Waals surface area contributed by atoms with Gasteiger partial charge in [-0.25, -0.2) is 0 Å². The van der Waals surface area contributed by atoms with Crippen molar-refractivity contribution in [2.24, 2.45) is 17.8 Å². The van der Waals surface area contributed by atoms with Crippen LogP contribution in [0.15, 0.2) is 0 Å². The van der Waals surface area contributed by atoms with Crippen molar-refractivity contribution in [2.75, 3.05) is 7.05 Å². The van der Waals surface area contributed by atoms with Crippen LogP contribution in [-0.4, -0.2) is 22.9 Å². The summed E-state index contributed by atoms with van der Waals surface area (Å²) < 4.78 is 0. The van der Waals surface area contributed by atoms with Crippen molar-refractivity contribution < 1.29 is 4.79 Å². The molecule has 0 aromatic carbocycles. The zero-order chi connectivity index (χ0) is 10.6. The summed E-state index contributed by atoms with van der Waals surface area (Å²) in [6.07, 6.45) is 7.83. The molecular weight excluding hydrogens is 210 g/mol. The summed E-state index contributed by atoms with van der Waals surface area (Å²) in [6.45, 7) is 0. The zero-order valence-corrected chi connectivity index (χ0v) is 9.96. The normalized spacial score (nSPS) is 46.9. The largest absolute Gasteiger partial charge is 0.327 e. The molecule has 0 spiro atoms. The minimum atomic E-state index is -0.267. The van der Waals surface area contributed by atoms with Crippen LogP contribution >= 0.6 is 11.6 Å². The lowest BCUT2D eigenvalue weighted by molar-refractivity contribution is -0.0589. The first-order valence-corrected chi connectivity index (χ1v) is 6.40. The van der Waals surface area contributed by atoms with Crippen LogP contribution in [0.4, 0.5) is 4.79 Å². The fraction of sp³-hybridized carbons (Fsp3) is 0.917. The molecule has 0 radical (unpaired) electrons. The van der Waals surface area contributed by atoms with E-state index in [1.165, 1.54) is 38.5 Å². The Hall–Kier alpha value is -0.240. The Labute approximate surface area is 96.0 Å². The molecule has 3 heteroatoms. The van der Waals surface area contributed by atoms with Gasteiger partial charge in [0.15, 0.2) is 0 Å². The summed E-state index contributed by atoms with van der Waals surface area (Å²) in [7, 11) is 1.89. The van der Waals surface area contributed by atoms with Crippen LogP contribution in [0.2, 0.25) is 0 Å². The Morgan fingerprint density at radius 1 is 1.13 bits per heavy atom. The van der Waals surface area contributed by atoms with E-state index >= 15 is 0 Å². The third kappa shape index (κ3) is 1.41. The molecular formula is C12H18ClNO. The Morgan fingerprint density at radius 3 is 1.87 bits per heavy atom. The van der Waals surface area contributed by atoms with Crippen LogP contribution in [0.5, 0.6) is 0 Å². The highest BCUT2D eigenvalue weighted by Gasteiger charge is 2.53. The maximum Gasteiger partial charge on any atom is 0.316 e. The van der Waals surface area contributed by atoms with E-state index in [0.717, 1.165) is 17.8 Å². The predicted octanol–water partition coefficient (Wildman–Crippen LogP) is 3.25. The second-order valence-electron chi connectivity index (χ2n) is 5.95. The van der Waals surface area contributed by atoms with Crippen LogP contribution in [0.3, 0.4) is 0 Å². The number of hydrogen-bond acceptors (Lipinski definition) is 1. The molecule has 0 N–H and O–H groups in total. The molecule has 1 amide bonds. The van der Waals surface area contributed by atoms with Crippen molar-refractivity contribution >= 4 is 17.0 Å². The molecule has 0 atom stereocenters. The van der Waals surface area contributed by atoms with Gasteiger partial charge in [0.2, 0.25) is 0 Å². The summed E-state index contributed by atoms with van der Waals surface area (Å²) >= 11 is 5.65. The highest BCUT2D eigenvalue weighted by molar-refractivity contribution is 6.62. The van der Waals surface area contributed by atoms with Crippen LogP contribution in [0, 0.1) is 17.8 Å². The SMILES string of the molecule is CN(C(=O)Cl)C12CC3CC(CC(C3)C1)C2. The molecule has 0 aromatic heterocycles. The van der Waals surface area contributed by atoms with Crippen molar-refractivity contribution in [3.05, 3.63) is 0 Å². The lowest BCUT2D eigenvalue weighted by Crippen LogP contribution is -2.59. The van der Waals surface area contributed by atoms with Crippen molar-refractivity contribution in [1.82, 2.24) is 4.90 Å². The molecule has 2 nitrogen and oxygen atoms in total. The summed E-state index contributed by atoms with van der Waals surface area (Å²) in [5.74, 6) is 2.61. The number of halogens is 1. The Kier molecular flexibility index (Phi) is 2.08. The van der Waals surface area contributed by atoms with Gasteiger partial charge in [0.1, 0.15) is 0 Å². The molecule has 4 saturated carbocycles. The lowest BCUT2D eigenvalue weighted by Gasteiger charge is -2.59. The highest BCUT2D eigenvalue weighted by atomic mass is 35.5. The number of carbonyl (C=O) groups excluding carboxylic acids is 1. The number of nitrogens with zero attached hydrogens (tertiary/aromatic N) is 1.